The fourth-order valence-corrected chi connectivity index (χ4v) is 4.79. The first-order chi connectivity index (χ1) is 18.9. The van der Waals surface area contributed by atoms with Crippen LogP contribution in [0.1, 0.15) is 60.8 Å². The van der Waals surface area contributed by atoms with E-state index in [1.807, 2.05) is 65.1 Å². The van der Waals surface area contributed by atoms with Gasteiger partial charge in [-0.2, -0.15) is 0 Å². The second kappa shape index (κ2) is 15.9. The van der Waals surface area contributed by atoms with Crippen molar-refractivity contribution in [2.75, 3.05) is 33.2 Å². The molecule has 2 rings (SSSR count). The summed E-state index contributed by atoms with van der Waals surface area (Å²) in [6, 6.07) is 0. The van der Waals surface area contributed by atoms with Gasteiger partial charge < -0.3 is 29.5 Å². The molecule has 0 aromatic carbocycles. The van der Waals surface area contributed by atoms with Crippen LogP contribution in [-0.4, -0.2) is 95.4 Å². The summed E-state index contributed by atoms with van der Waals surface area (Å²) < 4.78 is 11.7. The van der Waals surface area contributed by atoms with Crippen molar-refractivity contribution in [1.82, 2.24) is 9.80 Å². The number of aliphatic hydroxyl groups excluding tert-OH is 1. The van der Waals surface area contributed by atoms with E-state index >= 15 is 0 Å². The number of aliphatic imine (C=N–C) groups is 1. The monoisotopic (exact) mass is 559 g/mol. The summed E-state index contributed by atoms with van der Waals surface area (Å²) in [6.45, 7) is 13.9. The number of amides is 1. The van der Waals surface area contributed by atoms with Crippen LogP contribution in [0.3, 0.4) is 0 Å². The molecule has 40 heavy (non-hydrogen) atoms. The van der Waals surface area contributed by atoms with E-state index in [0.29, 0.717) is 13.1 Å². The number of likely N-dealkylation sites (N-methyl/N-ethyl adjacent to an activating group) is 1. The highest BCUT2D eigenvalue weighted by atomic mass is 16.6. The van der Waals surface area contributed by atoms with Crippen LogP contribution >= 0.6 is 0 Å². The topological polar surface area (TPSA) is 112 Å². The molecule has 9 nitrogen and oxygen atoms in total. The van der Waals surface area contributed by atoms with Crippen molar-refractivity contribution in [3.63, 3.8) is 0 Å². The summed E-state index contributed by atoms with van der Waals surface area (Å²) in [4.78, 5) is 33.9. The van der Waals surface area contributed by atoms with Gasteiger partial charge in [-0.05, 0) is 59.2 Å². The van der Waals surface area contributed by atoms with Crippen LogP contribution in [0.4, 0.5) is 4.79 Å². The molecule has 9 heteroatoms. The second-order valence-corrected chi connectivity index (χ2v) is 11.2. The minimum absolute atomic E-state index is 0.106. The zero-order valence-corrected chi connectivity index (χ0v) is 25.2. The predicted octanol–water partition coefficient (Wildman–Crippen LogP) is 4.27. The first kappa shape index (κ1) is 33.5. The number of hydrogen-bond donors (Lipinski definition) is 2. The summed E-state index contributed by atoms with van der Waals surface area (Å²) in [5.41, 5.74) is 0.337. The van der Waals surface area contributed by atoms with Gasteiger partial charge in [0.25, 0.3) is 0 Å². The maximum atomic E-state index is 13.0. The van der Waals surface area contributed by atoms with Gasteiger partial charge >= 0.3 is 12.1 Å². The third kappa shape index (κ3) is 10.3. The lowest BCUT2D eigenvalue weighted by atomic mass is 9.88. The average Bonchev–Trinajstić information content (AvgIpc) is 2.90. The lowest BCUT2D eigenvalue weighted by molar-refractivity contribution is -0.151. The van der Waals surface area contributed by atoms with Gasteiger partial charge in [-0.3, -0.25) is 9.79 Å². The van der Waals surface area contributed by atoms with Crippen molar-refractivity contribution in [3.05, 3.63) is 47.7 Å². The third-order valence-corrected chi connectivity index (χ3v) is 7.56. The lowest BCUT2D eigenvalue weighted by Gasteiger charge is -2.36. The van der Waals surface area contributed by atoms with Crippen molar-refractivity contribution in [1.29, 1.82) is 0 Å². The van der Waals surface area contributed by atoms with Gasteiger partial charge in [0.05, 0.1) is 12.5 Å². The molecular weight excluding hydrogens is 510 g/mol. The van der Waals surface area contributed by atoms with E-state index in [9.17, 15) is 19.8 Å². The van der Waals surface area contributed by atoms with E-state index in [-0.39, 0.29) is 31.1 Å². The Kier molecular flexibility index (Phi) is 13.3. The molecule has 0 radical (unpaired) electrons. The molecule has 6 atom stereocenters. The summed E-state index contributed by atoms with van der Waals surface area (Å²) in [5.74, 6) is -0.692. The Balaban J connectivity index is 2.30. The Morgan fingerprint density at radius 1 is 1.25 bits per heavy atom. The van der Waals surface area contributed by atoms with Gasteiger partial charge in [0.1, 0.15) is 11.7 Å². The van der Waals surface area contributed by atoms with Crippen LogP contribution in [0.15, 0.2) is 52.7 Å². The van der Waals surface area contributed by atoms with Crippen LogP contribution in [0, 0.1) is 11.8 Å². The Morgan fingerprint density at radius 3 is 2.55 bits per heavy atom. The molecular formula is C31H49N3O6. The number of carbonyl (C=O) groups excluding carboxylic acids is 2. The van der Waals surface area contributed by atoms with Gasteiger partial charge in [-0.25, -0.2) is 4.79 Å². The Hall–Kier alpha value is -2.75. The van der Waals surface area contributed by atoms with Gasteiger partial charge in [0.15, 0.2) is 6.10 Å². The quantitative estimate of drug-likeness (QED) is 0.216. The SMILES string of the molecule is CC=N/C(=C\C)[C@H](C)/C=C/C=C(\C)[C@H]1OC(=O)C[C@H](O)CC[C@@](C)(O)[C@@H](OC(=O)N2CCN(C)CC2)/C=C/[C@@H]1C. The molecule has 1 saturated heterocycles. The molecule has 0 aliphatic carbocycles. The van der Waals surface area contributed by atoms with Crippen LogP contribution in [-0.2, 0) is 14.3 Å². The fourth-order valence-electron chi connectivity index (χ4n) is 4.79. The van der Waals surface area contributed by atoms with E-state index in [2.05, 4.69) is 16.8 Å². The predicted molar refractivity (Wildman–Crippen MR) is 158 cm³/mol. The van der Waals surface area contributed by atoms with Crippen molar-refractivity contribution in [2.24, 2.45) is 16.8 Å². The minimum Gasteiger partial charge on any atom is -0.457 e. The van der Waals surface area contributed by atoms with E-state index in [0.717, 1.165) is 24.4 Å². The number of esters is 1. The number of cyclic esters (lactones) is 1. The molecule has 2 N–H and O–H groups in total. The number of allylic oxidation sites excluding steroid dienone is 4. The second-order valence-electron chi connectivity index (χ2n) is 11.2. The Labute approximate surface area is 239 Å². The molecule has 0 aromatic heterocycles. The summed E-state index contributed by atoms with van der Waals surface area (Å²) >= 11 is 0. The van der Waals surface area contributed by atoms with Crippen LogP contribution in [0.5, 0.6) is 0 Å². The maximum Gasteiger partial charge on any atom is 0.410 e. The van der Waals surface area contributed by atoms with Crippen LogP contribution in [0.2, 0.25) is 0 Å². The van der Waals surface area contributed by atoms with Gasteiger partial charge in [0.2, 0.25) is 0 Å². The van der Waals surface area contributed by atoms with Gasteiger partial charge in [0, 0.05) is 49.9 Å². The van der Waals surface area contributed by atoms with Crippen molar-refractivity contribution in [3.8, 4) is 0 Å². The molecule has 1 amide bonds. The molecule has 0 bridgehead atoms. The van der Waals surface area contributed by atoms with E-state index < -0.39 is 36.0 Å². The highest BCUT2D eigenvalue weighted by Crippen LogP contribution is 2.27. The molecule has 224 valence electrons. The number of hydrogen-bond acceptors (Lipinski definition) is 8. The number of nitrogens with zero attached hydrogens (tertiary/aromatic N) is 3. The highest BCUT2D eigenvalue weighted by molar-refractivity contribution is 5.70. The molecule has 0 aromatic rings. The first-order valence-corrected chi connectivity index (χ1v) is 14.3. The average molecular weight is 560 g/mol. The van der Waals surface area contributed by atoms with Gasteiger partial charge in [-0.1, -0.05) is 44.2 Å². The Morgan fingerprint density at radius 2 is 1.93 bits per heavy atom. The van der Waals surface area contributed by atoms with E-state index in [1.54, 1.807) is 24.1 Å². The number of aliphatic hydroxyl groups is 2. The maximum absolute atomic E-state index is 13.0. The molecule has 2 aliphatic heterocycles. The molecule has 2 heterocycles. The summed E-state index contributed by atoms with van der Waals surface area (Å²) in [7, 11) is 2.01. The largest absolute Gasteiger partial charge is 0.457 e. The third-order valence-electron chi connectivity index (χ3n) is 7.56. The lowest BCUT2D eigenvalue weighted by Crippen LogP contribution is -2.50. The molecule has 0 spiro atoms. The van der Waals surface area contributed by atoms with Gasteiger partial charge in [-0.15, -0.1) is 0 Å². The molecule has 1 fully saturated rings. The Bertz CT molecular complexity index is 991. The minimum atomic E-state index is -1.44. The number of carbonyl (C=O) groups is 2. The van der Waals surface area contributed by atoms with E-state index in [1.165, 1.54) is 0 Å². The summed E-state index contributed by atoms with van der Waals surface area (Å²) in [6.07, 6.45) is 10.2. The molecule has 0 saturated carbocycles. The van der Waals surface area contributed by atoms with Crippen LogP contribution in [0.25, 0.3) is 0 Å². The van der Waals surface area contributed by atoms with Crippen LogP contribution < -0.4 is 0 Å². The fraction of sp³-hybridized carbons (Fsp3) is 0.645. The first-order valence-electron chi connectivity index (χ1n) is 14.3. The van der Waals surface area contributed by atoms with E-state index in [4.69, 9.17) is 9.47 Å². The van der Waals surface area contributed by atoms with Crippen molar-refractivity contribution < 1.29 is 29.3 Å². The molecule has 2 aliphatic rings. The number of rotatable bonds is 6. The zero-order chi connectivity index (χ0) is 29.9. The van der Waals surface area contributed by atoms with Crippen molar-refractivity contribution in [2.45, 2.75) is 84.7 Å². The molecule has 0 unspecified atom stereocenters. The highest BCUT2D eigenvalue weighted by Gasteiger charge is 2.36. The number of ether oxygens (including phenoxy) is 2. The smallest absolute Gasteiger partial charge is 0.410 e. The zero-order valence-electron chi connectivity index (χ0n) is 25.2. The summed E-state index contributed by atoms with van der Waals surface area (Å²) in [5, 5.41) is 21.8. The normalized spacial score (nSPS) is 31.9. The standard InChI is InChI=1S/C31H49N3O6/c1-8-26(32-9-2)22(3)11-10-12-23(4)29-24(5)13-14-27(39-30(37)34-19-17-33(7)18-20-34)31(6,38)16-15-25(35)21-28(36)40-29/h8-14,22,24-25,27,29,35,38H,15-21H2,1-7H3/b11-10+,14-13+,23-12+,26-8-,32-9?/t22-,24+,25-,27+,29-,31-/m1/s1. The van der Waals surface area contributed by atoms with Crippen molar-refractivity contribution >= 4 is 18.3 Å². The number of piperazine rings is 1.